The third-order valence-electron chi connectivity index (χ3n) is 5.27. The van der Waals surface area contributed by atoms with Gasteiger partial charge in [-0.1, -0.05) is 23.3 Å². The van der Waals surface area contributed by atoms with Crippen LogP contribution in [0.3, 0.4) is 0 Å². The summed E-state index contributed by atoms with van der Waals surface area (Å²) in [7, 11) is 0. The molecule has 1 aliphatic heterocycles. The van der Waals surface area contributed by atoms with Gasteiger partial charge in [0.25, 0.3) is 0 Å². The number of hydrogen-bond donors (Lipinski definition) is 4. The van der Waals surface area contributed by atoms with E-state index in [-0.39, 0.29) is 46.5 Å². The molecule has 0 saturated carbocycles. The summed E-state index contributed by atoms with van der Waals surface area (Å²) in [6, 6.07) is 4.03. The van der Waals surface area contributed by atoms with Crippen LogP contribution in [0.15, 0.2) is 41.5 Å². The lowest BCUT2D eigenvalue weighted by molar-refractivity contribution is 0.0839. The van der Waals surface area contributed by atoms with E-state index in [0.29, 0.717) is 29.5 Å². The molecule has 0 amide bonds. The van der Waals surface area contributed by atoms with Crippen LogP contribution >= 0.6 is 0 Å². The summed E-state index contributed by atoms with van der Waals surface area (Å²) in [5.41, 5.74) is 3.51. The molecule has 1 heterocycles. The largest absolute Gasteiger partial charge is 0.508 e. The molecule has 0 fully saturated rings. The van der Waals surface area contributed by atoms with Crippen LogP contribution in [0.1, 0.15) is 67.3 Å². The second kappa shape index (κ2) is 8.76. The van der Waals surface area contributed by atoms with E-state index in [1.54, 1.807) is 6.07 Å². The summed E-state index contributed by atoms with van der Waals surface area (Å²) in [6.45, 7) is 7.73. The molecule has 164 valence electrons. The van der Waals surface area contributed by atoms with Crippen LogP contribution in [0, 0.1) is 0 Å². The van der Waals surface area contributed by atoms with Gasteiger partial charge in [0, 0.05) is 23.3 Å². The number of hydrogen-bond acceptors (Lipinski definition) is 6. The van der Waals surface area contributed by atoms with E-state index >= 15 is 0 Å². The zero-order chi connectivity index (χ0) is 22.9. The Kier molecular flexibility index (Phi) is 6.29. The molecule has 1 unspecified atom stereocenters. The maximum Gasteiger partial charge on any atom is 0.174 e. The van der Waals surface area contributed by atoms with Gasteiger partial charge in [-0.05, 0) is 52.2 Å². The lowest BCUT2D eigenvalue weighted by Gasteiger charge is -2.29. The third kappa shape index (κ3) is 4.68. The molecule has 3 rings (SSSR count). The Labute approximate surface area is 181 Å². The number of allylic oxidation sites excluding steroid dienone is 4. The fourth-order valence-electron chi connectivity index (χ4n) is 3.58. The molecule has 1 atom stereocenters. The summed E-state index contributed by atoms with van der Waals surface area (Å²) in [6.07, 6.45) is 3.72. The van der Waals surface area contributed by atoms with Gasteiger partial charge >= 0.3 is 0 Å². The number of phenolic OH excluding ortho intramolecular Hbond substituents is 4. The molecule has 0 saturated heterocycles. The minimum Gasteiger partial charge on any atom is -0.508 e. The Morgan fingerprint density at radius 3 is 2.16 bits per heavy atom. The summed E-state index contributed by atoms with van der Waals surface area (Å²) in [4.78, 5) is 12.9. The van der Waals surface area contributed by atoms with Gasteiger partial charge in [-0.15, -0.1) is 0 Å². The number of Topliss-reactive ketones (excluding diaryl/α,β-unsaturated/α-hetero) is 1. The number of ketones is 1. The predicted molar refractivity (Wildman–Crippen MR) is 118 cm³/mol. The molecule has 0 aliphatic carbocycles. The smallest absolute Gasteiger partial charge is 0.174 e. The van der Waals surface area contributed by atoms with Crippen LogP contribution < -0.4 is 4.74 Å². The third-order valence-corrected chi connectivity index (χ3v) is 5.27. The number of rotatable bonds is 5. The van der Waals surface area contributed by atoms with Crippen molar-refractivity contribution in [3.63, 3.8) is 0 Å². The van der Waals surface area contributed by atoms with Crippen molar-refractivity contribution >= 4 is 5.78 Å². The standard InChI is InChI=1S/C25H28O6/c1-13(2)5-7-15-9-17(20(28)10-18(15)26)23-12-22(30)24-21(29)11-19(27)16(25(24)31-23)8-6-14(3)4/h5-6,9-11,23,26-29H,7-8,12H2,1-4H3. The maximum atomic E-state index is 12.9. The fraction of sp³-hybridized carbons (Fsp3) is 0.320. The van der Waals surface area contributed by atoms with E-state index in [9.17, 15) is 25.2 Å². The van der Waals surface area contributed by atoms with Gasteiger partial charge in [0.2, 0.25) is 0 Å². The monoisotopic (exact) mass is 424 g/mol. The van der Waals surface area contributed by atoms with Gasteiger partial charge < -0.3 is 25.2 Å². The highest BCUT2D eigenvalue weighted by Gasteiger charge is 2.34. The van der Waals surface area contributed by atoms with Crippen LogP contribution in [0.4, 0.5) is 0 Å². The molecule has 1 aliphatic rings. The van der Waals surface area contributed by atoms with Crippen LogP contribution in [-0.4, -0.2) is 26.2 Å². The average Bonchev–Trinajstić information content (AvgIpc) is 2.66. The molecule has 0 aromatic heterocycles. The first-order valence-electron chi connectivity index (χ1n) is 10.2. The van der Waals surface area contributed by atoms with E-state index in [1.807, 2.05) is 39.8 Å². The van der Waals surface area contributed by atoms with Crippen molar-refractivity contribution in [3.8, 4) is 28.7 Å². The summed E-state index contributed by atoms with van der Waals surface area (Å²) in [5.74, 6) is -0.955. The van der Waals surface area contributed by atoms with Gasteiger partial charge in [-0.3, -0.25) is 4.79 Å². The van der Waals surface area contributed by atoms with Crippen molar-refractivity contribution in [2.45, 2.75) is 53.1 Å². The van der Waals surface area contributed by atoms with Crippen molar-refractivity contribution in [1.82, 2.24) is 0 Å². The summed E-state index contributed by atoms with van der Waals surface area (Å²) in [5, 5.41) is 41.3. The second-order valence-electron chi connectivity index (χ2n) is 8.34. The Hall–Kier alpha value is -3.41. The van der Waals surface area contributed by atoms with Gasteiger partial charge in [0.05, 0.1) is 6.42 Å². The zero-order valence-electron chi connectivity index (χ0n) is 18.2. The number of carbonyl (C=O) groups excluding carboxylic acids is 1. The molecular weight excluding hydrogens is 396 g/mol. The molecule has 2 aromatic rings. The molecule has 6 heteroatoms. The lowest BCUT2D eigenvalue weighted by atomic mass is 9.91. The van der Waals surface area contributed by atoms with Crippen LogP contribution in [0.2, 0.25) is 0 Å². The molecule has 2 aromatic carbocycles. The number of carbonyl (C=O) groups is 1. The summed E-state index contributed by atoms with van der Waals surface area (Å²) < 4.78 is 6.09. The van der Waals surface area contributed by atoms with E-state index < -0.39 is 6.10 Å². The molecular formula is C25H28O6. The van der Waals surface area contributed by atoms with Gasteiger partial charge in [0.15, 0.2) is 5.78 Å². The number of aromatic hydroxyl groups is 4. The molecule has 31 heavy (non-hydrogen) atoms. The Morgan fingerprint density at radius 1 is 0.903 bits per heavy atom. The first-order chi connectivity index (χ1) is 14.6. The van der Waals surface area contributed by atoms with Crippen LogP contribution in [0.5, 0.6) is 28.7 Å². The van der Waals surface area contributed by atoms with Crippen molar-refractivity contribution in [2.24, 2.45) is 0 Å². The summed E-state index contributed by atoms with van der Waals surface area (Å²) >= 11 is 0. The van der Waals surface area contributed by atoms with Gasteiger partial charge in [-0.2, -0.15) is 0 Å². The number of ether oxygens (including phenoxy) is 1. The minimum absolute atomic E-state index is 0.0363. The molecule has 6 nitrogen and oxygen atoms in total. The number of fused-ring (bicyclic) bond motifs is 1. The Bertz CT molecular complexity index is 1090. The normalized spacial score (nSPS) is 15.1. The van der Waals surface area contributed by atoms with Crippen molar-refractivity contribution in [3.05, 3.63) is 63.8 Å². The highest BCUT2D eigenvalue weighted by atomic mass is 16.5. The first kappa shape index (κ1) is 22.3. The zero-order valence-corrected chi connectivity index (χ0v) is 18.2. The number of benzene rings is 2. The topological polar surface area (TPSA) is 107 Å². The Balaban J connectivity index is 2.08. The van der Waals surface area contributed by atoms with Crippen LogP contribution in [-0.2, 0) is 12.8 Å². The minimum atomic E-state index is -0.822. The molecule has 0 bridgehead atoms. The van der Waals surface area contributed by atoms with Crippen molar-refractivity contribution < 1.29 is 30.0 Å². The average molecular weight is 424 g/mol. The van der Waals surface area contributed by atoms with E-state index in [0.717, 1.165) is 17.2 Å². The lowest BCUT2D eigenvalue weighted by Crippen LogP contribution is -2.22. The van der Waals surface area contributed by atoms with E-state index in [1.165, 1.54) is 6.07 Å². The van der Waals surface area contributed by atoms with Crippen molar-refractivity contribution in [1.29, 1.82) is 0 Å². The van der Waals surface area contributed by atoms with Crippen molar-refractivity contribution in [2.75, 3.05) is 0 Å². The SMILES string of the molecule is CC(C)=CCc1cc(C2CC(=O)c3c(O)cc(O)c(CC=C(C)C)c3O2)c(O)cc1O. The van der Waals surface area contributed by atoms with Gasteiger partial charge in [-0.25, -0.2) is 0 Å². The second-order valence-corrected chi connectivity index (χ2v) is 8.34. The highest BCUT2D eigenvalue weighted by Crippen LogP contribution is 2.47. The van der Waals surface area contributed by atoms with Gasteiger partial charge in [0.1, 0.15) is 40.4 Å². The molecule has 4 N–H and O–H groups in total. The quantitative estimate of drug-likeness (QED) is 0.490. The highest BCUT2D eigenvalue weighted by molar-refractivity contribution is 6.03. The van der Waals surface area contributed by atoms with Crippen LogP contribution in [0.25, 0.3) is 0 Å². The fourth-order valence-corrected chi connectivity index (χ4v) is 3.58. The van der Waals surface area contributed by atoms with E-state index in [2.05, 4.69) is 0 Å². The first-order valence-corrected chi connectivity index (χ1v) is 10.2. The Morgan fingerprint density at radius 2 is 1.52 bits per heavy atom. The molecule has 0 spiro atoms. The molecule has 0 radical (unpaired) electrons. The maximum absolute atomic E-state index is 12.9. The number of phenols is 4. The predicted octanol–water partition coefficient (Wildman–Crippen LogP) is 5.23. The van der Waals surface area contributed by atoms with E-state index in [4.69, 9.17) is 4.74 Å².